The summed E-state index contributed by atoms with van der Waals surface area (Å²) < 4.78 is 13.6. The van der Waals surface area contributed by atoms with Crippen molar-refractivity contribution in [2.75, 3.05) is 18.0 Å². The number of carbonyl (C=O) groups is 1. The van der Waals surface area contributed by atoms with Crippen molar-refractivity contribution >= 4 is 11.7 Å². The van der Waals surface area contributed by atoms with Gasteiger partial charge in [-0.1, -0.05) is 18.2 Å². The molecule has 0 radical (unpaired) electrons. The average molecular weight is 328 g/mol. The van der Waals surface area contributed by atoms with Crippen molar-refractivity contribution in [2.24, 2.45) is 0 Å². The Balaban J connectivity index is 1.72. The molecule has 1 aromatic heterocycles. The smallest absolute Gasteiger partial charge is 0.270 e. The van der Waals surface area contributed by atoms with Crippen LogP contribution < -0.4 is 10.2 Å². The molecular weight excluding hydrogens is 307 g/mol. The summed E-state index contributed by atoms with van der Waals surface area (Å²) in [5.74, 6) is 0.708. The molecule has 0 aliphatic carbocycles. The molecular formula is C18H21FN4O. The molecule has 1 aliphatic rings. The van der Waals surface area contributed by atoms with Crippen LogP contribution in [-0.4, -0.2) is 29.0 Å². The highest BCUT2D eigenvalue weighted by Gasteiger charge is 2.16. The third kappa shape index (κ3) is 3.88. The zero-order valence-electron chi connectivity index (χ0n) is 13.8. The Labute approximate surface area is 140 Å². The number of hydrogen-bond donors (Lipinski definition) is 1. The molecule has 1 saturated heterocycles. The van der Waals surface area contributed by atoms with Crippen LogP contribution in [0, 0.1) is 12.7 Å². The van der Waals surface area contributed by atoms with Gasteiger partial charge in [0.2, 0.25) is 0 Å². The Kier molecular flexibility index (Phi) is 5.03. The van der Waals surface area contributed by atoms with Crippen molar-refractivity contribution in [3.63, 3.8) is 0 Å². The fourth-order valence-electron chi connectivity index (χ4n) is 2.86. The fraction of sp³-hybridized carbons (Fsp3) is 0.389. The fourth-order valence-corrected chi connectivity index (χ4v) is 2.86. The van der Waals surface area contributed by atoms with Gasteiger partial charge in [0.05, 0.1) is 0 Å². The lowest BCUT2D eigenvalue weighted by Gasteiger charge is -2.28. The van der Waals surface area contributed by atoms with Gasteiger partial charge in [-0.2, -0.15) is 0 Å². The van der Waals surface area contributed by atoms with Gasteiger partial charge in [0.25, 0.3) is 5.91 Å². The van der Waals surface area contributed by atoms with E-state index >= 15 is 0 Å². The van der Waals surface area contributed by atoms with Gasteiger partial charge in [0, 0.05) is 31.3 Å². The number of aryl methyl sites for hydroxylation is 1. The number of nitrogens with one attached hydrogen (secondary N) is 1. The first-order chi connectivity index (χ1) is 11.6. The first-order valence-corrected chi connectivity index (χ1v) is 8.26. The van der Waals surface area contributed by atoms with Crippen LogP contribution in [0.2, 0.25) is 0 Å². The van der Waals surface area contributed by atoms with Gasteiger partial charge in [-0.3, -0.25) is 4.79 Å². The van der Waals surface area contributed by atoms with Gasteiger partial charge in [0.15, 0.2) is 0 Å². The van der Waals surface area contributed by atoms with E-state index in [2.05, 4.69) is 20.2 Å². The summed E-state index contributed by atoms with van der Waals surface area (Å²) in [4.78, 5) is 23.2. The van der Waals surface area contributed by atoms with E-state index in [-0.39, 0.29) is 18.3 Å². The number of amides is 1. The predicted molar refractivity (Wildman–Crippen MR) is 90.4 cm³/mol. The van der Waals surface area contributed by atoms with E-state index in [1.807, 2.05) is 0 Å². The number of aromatic nitrogens is 2. The molecule has 1 N–H and O–H groups in total. The molecule has 1 aliphatic heterocycles. The maximum absolute atomic E-state index is 13.6. The molecule has 24 heavy (non-hydrogen) atoms. The Morgan fingerprint density at radius 2 is 1.96 bits per heavy atom. The number of rotatable bonds is 4. The Morgan fingerprint density at radius 3 is 2.71 bits per heavy atom. The van der Waals surface area contributed by atoms with Crippen LogP contribution in [-0.2, 0) is 6.54 Å². The van der Waals surface area contributed by atoms with E-state index in [0.29, 0.717) is 17.1 Å². The highest BCUT2D eigenvalue weighted by molar-refractivity contribution is 5.92. The second kappa shape index (κ2) is 7.38. The third-order valence-corrected chi connectivity index (χ3v) is 4.13. The van der Waals surface area contributed by atoms with Gasteiger partial charge in [0.1, 0.15) is 23.2 Å². The highest BCUT2D eigenvalue weighted by Crippen LogP contribution is 2.18. The van der Waals surface area contributed by atoms with Gasteiger partial charge < -0.3 is 10.2 Å². The van der Waals surface area contributed by atoms with Crippen LogP contribution in [0.25, 0.3) is 0 Å². The molecule has 2 aromatic rings. The first kappa shape index (κ1) is 16.4. The molecule has 1 amide bonds. The Bertz CT molecular complexity index is 729. The Hall–Kier alpha value is -2.50. The third-order valence-electron chi connectivity index (χ3n) is 4.13. The summed E-state index contributed by atoms with van der Waals surface area (Å²) in [6.45, 7) is 3.81. The van der Waals surface area contributed by atoms with Crippen molar-refractivity contribution in [3.05, 3.63) is 53.2 Å². The average Bonchev–Trinajstić information content (AvgIpc) is 2.61. The summed E-state index contributed by atoms with van der Waals surface area (Å²) in [5.41, 5.74) is 0.771. The lowest BCUT2D eigenvalue weighted by molar-refractivity contribution is 0.0945. The van der Waals surface area contributed by atoms with Gasteiger partial charge in [-0.25, -0.2) is 14.4 Å². The summed E-state index contributed by atoms with van der Waals surface area (Å²) in [6, 6.07) is 8.12. The molecule has 1 aromatic carbocycles. The number of carbonyl (C=O) groups excluding carboxylic acids is 1. The summed E-state index contributed by atoms with van der Waals surface area (Å²) in [7, 11) is 0. The highest BCUT2D eigenvalue weighted by atomic mass is 19.1. The van der Waals surface area contributed by atoms with Crippen molar-refractivity contribution < 1.29 is 9.18 Å². The monoisotopic (exact) mass is 328 g/mol. The molecule has 0 unspecified atom stereocenters. The zero-order chi connectivity index (χ0) is 16.9. The van der Waals surface area contributed by atoms with E-state index in [1.165, 1.54) is 12.5 Å². The summed E-state index contributed by atoms with van der Waals surface area (Å²) in [5, 5.41) is 2.73. The van der Waals surface area contributed by atoms with Crippen LogP contribution in [0.3, 0.4) is 0 Å². The molecule has 2 heterocycles. The van der Waals surface area contributed by atoms with Crippen molar-refractivity contribution in [2.45, 2.75) is 32.7 Å². The van der Waals surface area contributed by atoms with Crippen molar-refractivity contribution in [1.29, 1.82) is 0 Å². The van der Waals surface area contributed by atoms with Crippen molar-refractivity contribution in [3.8, 4) is 0 Å². The molecule has 0 saturated carbocycles. The number of piperidine rings is 1. The summed E-state index contributed by atoms with van der Waals surface area (Å²) in [6.07, 6.45) is 3.51. The van der Waals surface area contributed by atoms with E-state index in [4.69, 9.17) is 0 Å². The van der Waals surface area contributed by atoms with E-state index in [9.17, 15) is 9.18 Å². The van der Waals surface area contributed by atoms with Crippen molar-refractivity contribution in [1.82, 2.24) is 15.3 Å². The lowest BCUT2D eigenvalue weighted by Crippen LogP contribution is -2.31. The van der Waals surface area contributed by atoms with Gasteiger partial charge >= 0.3 is 0 Å². The topological polar surface area (TPSA) is 58.1 Å². The zero-order valence-corrected chi connectivity index (χ0v) is 13.8. The minimum atomic E-state index is -0.328. The predicted octanol–water partition coefficient (Wildman–Crippen LogP) is 2.84. The molecule has 126 valence electrons. The first-order valence-electron chi connectivity index (χ1n) is 8.26. The number of anilines is 1. The number of hydrogen-bond acceptors (Lipinski definition) is 4. The minimum absolute atomic E-state index is 0.133. The summed E-state index contributed by atoms with van der Waals surface area (Å²) >= 11 is 0. The molecule has 5 nitrogen and oxygen atoms in total. The van der Waals surface area contributed by atoms with Gasteiger partial charge in [-0.15, -0.1) is 0 Å². The normalized spacial score (nSPS) is 14.5. The van der Waals surface area contributed by atoms with Crippen LogP contribution in [0.15, 0.2) is 30.3 Å². The standard InChI is InChI=1S/C18H21FN4O/c1-13-21-16(11-17(22-13)23-9-5-2-6-10-23)18(24)20-12-14-7-3-4-8-15(14)19/h3-4,7-8,11H,2,5-6,9-10,12H2,1H3,(H,20,24). The van der Waals surface area contributed by atoms with E-state index in [0.717, 1.165) is 31.7 Å². The molecule has 0 bridgehead atoms. The molecule has 3 rings (SSSR count). The SMILES string of the molecule is Cc1nc(C(=O)NCc2ccccc2F)cc(N2CCCCC2)n1. The number of benzene rings is 1. The second-order valence-corrected chi connectivity index (χ2v) is 5.98. The maximum atomic E-state index is 13.6. The van der Waals surface area contributed by atoms with Crippen LogP contribution in [0.1, 0.15) is 41.1 Å². The number of nitrogens with zero attached hydrogens (tertiary/aromatic N) is 3. The lowest BCUT2D eigenvalue weighted by atomic mass is 10.1. The molecule has 6 heteroatoms. The molecule has 1 fully saturated rings. The van der Waals surface area contributed by atoms with Crippen LogP contribution >= 0.6 is 0 Å². The second-order valence-electron chi connectivity index (χ2n) is 5.98. The van der Waals surface area contributed by atoms with E-state index in [1.54, 1.807) is 31.2 Å². The minimum Gasteiger partial charge on any atom is -0.356 e. The van der Waals surface area contributed by atoms with Crippen LogP contribution in [0.5, 0.6) is 0 Å². The largest absolute Gasteiger partial charge is 0.356 e. The van der Waals surface area contributed by atoms with Gasteiger partial charge in [-0.05, 0) is 32.3 Å². The number of halogens is 1. The van der Waals surface area contributed by atoms with E-state index < -0.39 is 0 Å². The quantitative estimate of drug-likeness (QED) is 0.937. The van der Waals surface area contributed by atoms with Crippen LogP contribution in [0.4, 0.5) is 10.2 Å². The molecule has 0 spiro atoms. The Morgan fingerprint density at radius 1 is 1.21 bits per heavy atom. The maximum Gasteiger partial charge on any atom is 0.270 e. The molecule has 0 atom stereocenters.